The third kappa shape index (κ3) is 4.69. The lowest BCUT2D eigenvalue weighted by Crippen LogP contribution is -2.31. The van der Waals surface area contributed by atoms with Gasteiger partial charge in [0.25, 0.3) is 5.91 Å². The predicted molar refractivity (Wildman–Crippen MR) is 112 cm³/mol. The number of thiophene rings is 1. The summed E-state index contributed by atoms with van der Waals surface area (Å²) in [4.78, 5) is 14.8. The first-order chi connectivity index (χ1) is 12.9. The molecule has 0 aliphatic carbocycles. The second-order valence-electron chi connectivity index (χ2n) is 5.91. The molecule has 0 spiro atoms. The number of hydrogen-bond donors (Lipinski definition) is 1. The molecule has 2 rings (SSSR count). The maximum absolute atomic E-state index is 12.9. The number of nitrogens with zero attached hydrogens (tertiary/aromatic N) is 2. The average Bonchev–Trinajstić information content (AvgIpc) is 3.19. The van der Waals surface area contributed by atoms with Crippen molar-refractivity contribution in [2.24, 2.45) is 0 Å². The topological polar surface area (TPSA) is 69.7 Å². The van der Waals surface area contributed by atoms with E-state index in [1.54, 1.807) is 29.6 Å². The molecule has 1 aromatic carbocycles. The molecule has 6 nitrogen and oxygen atoms in total. The van der Waals surface area contributed by atoms with E-state index in [9.17, 15) is 13.2 Å². The van der Waals surface area contributed by atoms with Gasteiger partial charge >= 0.3 is 0 Å². The maximum atomic E-state index is 12.9. The molecule has 0 aliphatic heterocycles. The number of amides is 1. The number of rotatable bonds is 9. The summed E-state index contributed by atoms with van der Waals surface area (Å²) in [5, 5.41) is 6.49. The summed E-state index contributed by atoms with van der Waals surface area (Å²) in [7, 11) is -3.60. The highest BCUT2D eigenvalue weighted by Gasteiger charge is 2.24. The molecule has 8 heteroatoms. The van der Waals surface area contributed by atoms with Crippen molar-refractivity contribution in [1.82, 2.24) is 4.31 Å². The van der Waals surface area contributed by atoms with Gasteiger partial charge in [0.05, 0.1) is 21.8 Å². The van der Waals surface area contributed by atoms with E-state index in [0.29, 0.717) is 24.3 Å². The molecule has 0 radical (unpaired) electrons. The Bertz CT molecular complexity index is 856. The highest BCUT2D eigenvalue weighted by Crippen LogP contribution is 2.30. The Morgan fingerprint density at radius 1 is 1.04 bits per heavy atom. The molecule has 0 atom stereocenters. The Morgan fingerprint density at radius 2 is 1.70 bits per heavy atom. The number of carbonyl (C=O) groups is 1. The van der Waals surface area contributed by atoms with Crippen molar-refractivity contribution in [3.05, 3.63) is 40.6 Å². The molecule has 0 unspecified atom stereocenters. The van der Waals surface area contributed by atoms with E-state index in [1.165, 1.54) is 15.6 Å². The van der Waals surface area contributed by atoms with Gasteiger partial charge in [-0.15, -0.1) is 0 Å². The minimum absolute atomic E-state index is 0.183. The van der Waals surface area contributed by atoms with Crippen LogP contribution in [0.4, 0.5) is 11.4 Å². The van der Waals surface area contributed by atoms with Crippen LogP contribution in [0.15, 0.2) is 39.9 Å². The maximum Gasteiger partial charge on any atom is 0.256 e. The lowest BCUT2D eigenvalue weighted by Gasteiger charge is -2.25. The lowest BCUT2D eigenvalue weighted by atomic mass is 10.2. The quantitative estimate of drug-likeness (QED) is 0.682. The van der Waals surface area contributed by atoms with Crippen molar-refractivity contribution in [3.63, 3.8) is 0 Å². The molecule has 0 fully saturated rings. The molecule has 1 heterocycles. The molecule has 0 saturated heterocycles. The SMILES string of the molecule is CCN(CC)c1ccc(S(=O)(=O)N(CC)CC)cc1NC(=O)c1ccsc1. The average molecular weight is 410 g/mol. The van der Waals surface area contributed by atoms with Gasteiger partial charge in [-0.2, -0.15) is 15.6 Å². The number of benzene rings is 1. The molecule has 148 valence electrons. The van der Waals surface area contributed by atoms with Crippen LogP contribution in [0.2, 0.25) is 0 Å². The Hall–Kier alpha value is -1.90. The summed E-state index contributed by atoms with van der Waals surface area (Å²) in [6.45, 7) is 9.96. The minimum atomic E-state index is -3.60. The Balaban J connectivity index is 2.50. The van der Waals surface area contributed by atoms with Crippen molar-refractivity contribution in [2.45, 2.75) is 32.6 Å². The number of hydrogen-bond acceptors (Lipinski definition) is 5. The van der Waals surface area contributed by atoms with E-state index in [-0.39, 0.29) is 10.8 Å². The van der Waals surface area contributed by atoms with Crippen molar-refractivity contribution >= 4 is 38.6 Å². The van der Waals surface area contributed by atoms with Gasteiger partial charge in [-0.25, -0.2) is 8.42 Å². The summed E-state index contributed by atoms with van der Waals surface area (Å²) >= 11 is 1.44. The van der Waals surface area contributed by atoms with Gasteiger partial charge in [0.1, 0.15) is 0 Å². The van der Waals surface area contributed by atoms with Gasteiger partial charge in [-0.05, 0) is 43.5 Å². The second kappa shape index (κ2) is 9.34. The fourth-order valence-corrected chi connectivity index (χ4v) is 5.04. The smallest absolute Gasteiger partial charge is 0.256 e. The van der Waals surface area contributed by atoms with Crippen molar-refractivity contribution in [2.75, 3.05) is 36.4 Å². The molecule has 1 amide bonds. The second-order valence-corrected chi connectivity index (χ2v) is 8.62. The zero-order valence-corrected chi connectivity index (χ0v) is 17.9. The van der Waals surface area contributed by atoms with E-state index >= 15 is 0 Å². The van der Waals surface area contributed by atoms with Crippen molar-refractivity contribution in [3.8, 4) is 0 Å². The highest BCUT2D eigenvalue weighted by atomic mass is 32.2. The normalized spacial score (nSPS) is 11.6. The van der Waals surface area contributed by atoms with Gasteiger partial charge in [0.15, 0.2) is 0 Å². The summed E-state index contributed by atoms with van der Waals surface area (Å²) < 4.78 is 27.2. The van der Waals surface area contributed by atoms with E-state index in [1.807, 2.05) is 33.1 Å². The first kappa shape index (κ1) is 21.4. The first-order valence-electron chi connectivity index (χ1n) is 9.11. The summed E-state index contributed by atoms with van der Waals surface area (Å²) in [5.41, 5.74) is 1.87. The third-order valence-corrected chi connectivity index (χ3v) is 7.18. The highest BCUT2D eigenvalue weighted by molar-refractivity contribution is 7.89. The van der Waals surface area contributed by atoms with E-state index in [4.69, 9.17) is 0 Å². The van der Waals surface area contributed by atoms with Crippen LogP contribution in [0.5, 0.6) is 0 Å². The standard InChI is InChI=1S/C19H27N3O3S2/c1-5-21(6-2)18-10-9-16(27(24,25)22(7-3)8-4)13-17(18)20-19(23)15-11-12-26-14-15/h9-14H,5-8H2,1-4H3,(H,20,23). The van der Waals surface area contributed by atoms with Crippen LogP contribution in [0.1, 0.15) is 38.1 Å². The Kier molecular flexibility index (Phi) is 7.41. The predicted octanol–water partition coefficient (Wildman–Crippen LogP) is 3.88. The molecule has 1 N–H and O–H groups in total. The molecule has 1 aromatic heterocycles. The molecular formula is C19H27N3O3S2. The van der Waals surface area contributed by atoms with Crippen LogP contribution in [0, 0.1) is 0 Å². The number of sulfonamides is 1. The van der Waals surface area contributed by atoms with Gasteiger partial charge in [-0.3, -0.25) is 4.79 Å². The third-order valence-electron chi connectivity index (χ3n) is 4.45. The van der Waals surface area contributed by atoms with E-state index in [0.717, 1.165) is 18.8 Å². The minimum Gasteiger partial charge on any atom is -0.370 e. The number of carbonyl (C=O) groups excluding carboxylic acids is 1. The van der Waals surface area contributed by atoms with Gasteiger partial charge in [0.2, 0.25) is 10.0 Å². The molecule has 2 aromatic rings. The van der Waals surface area contributed by atoms with Gasteiger partial charge in [-0.1, -0.05) is 13.8 Å². The largest absolute Gasteiger partial charge is 0.370 e. The van der Waals surface area contributed by atoms with Crippen LogP contribution < -0.4 is 10.2 Å². The molecule has 0 bridgehead atoms. The number of anilines is 2. The van der Waals surface area contributed by atoms with Crippen LogP contribution in [-0.2, 0) is 10.0 Å². The Labute approximate surface area is 165 Å². The van der Waals surface area contributed by atoms with Crippen LogP contribution in [0.3, 0.4) is 0 Å². The fraction of sp³-hybridized carbons (Fsp3) is 0.421. The summed E-state index contributed by atoms with van der Waals surface area (Å²) in [6, 6.07) is 6.69. The van der Waals surface area contributed by atoms with Crippen LogP contribution >= 0.6 is 11.3 Å². The summed E-state index contributed by atoms with van der Waals surface area (Å²) in [6.07, 6.45) is 0. The molecular weight excluding hydrogens is 382 g/mol. The van der Waals surface area contributed by atoms with Gasteiger partial charge in [0, 0.05) is 31.6 Å². The van der Waals surface area contributed by atoms with E-state index < -0.39 is 10.0 Å². The zero-order chi connectivity index (χ0) is 20.0. The van der Waals surface area contributed by atoms with E-state index in [2.05, 4.69) is 10.2 Å². The zero-order valence-electron chi connectivity index (χ0n) is 16.2. The molecule has 0 aliphatic rings. The monoisotopic (exact) mass is 409 g/mol. The summed E-state index contributed by atoms with van der Waals surface area (Å²) in [5.74, 6) is -0.248. The van der Waals surface area contributed by atoms with Crippen LogP contribution in [0.25, 0.3) is 0 Å². The molecule has 0 saturated carbocycles. The molecule has 27 heavy (non-hydrogen) atoms. The Morgan fingerprint density at radius 3 is 2.22 bits per heavy atom. The first-order valence-corrected chi connectivity index (χ1v) is 11.5. The van der Waals surface area contributed by atoms with Crippen LogP contribution in [-0.4, -0.2) is 44.8 Å². The lowest BCUT2D eigenvalue weighted by molar-refractivity contribution is 0.102. The fourth-order valence-electron chi connectivity index (χ4n) is 2.92. The van der Waals surface area contributed by atoms with Crippen molar-refractivity contribution < 1.29 is 13.2 Å². The van der Waals surface area contributed by atoms with Crippen molar-refractivity contribution in [1.29, 1.82) is 0 Å². The van der Waals surface area contributed by atoms with Gasteiger partial charge < -0.3 is 10.2 Å². The number of nitrogens with one attached hydrogen (secondary N) is 1.